The molecule has 0 radical (unpaired) electrons. The van der Waals surface area contributed by atoms with Gasteiger partial charge in [-0.3, -0.25) is 9.59 Å². The monoisotopic (exact) mass is 335 g/mol. The molecule has 0 spiro atoms. The fourth-order valence-electron chi connectivity index (χ4n) is 2.36. The third-order valence-electron chi connectivity index (χ3n) is 3.78. The van der Waals surface area contributed by atoms with Gasteiger partial charge in [-0.2, -0.15) is 0 Å². The van der Waals surface area contributed by atoms with Gasteiger partial charge in [-0.25, -0.2) is 0 Å². The van der Waals surface area contributed by atoms with Crippen molar-refractivity contribution in [2.24, 2.45) is 5.92 Å². The summed E-state index contributed by atoms with van der Waals surface area (Å²) in [6.45, 7) is 5.46. The average Bonchev–Trinajstić information content (AvgIpc) is 2.61. The third-order valence-corrected chi connectivity index (χ3v) is 3.78. The Kier molecular flexibility index (Phi) is 9.58. The van der Waals surface area contributed by atoms with Crippen LogP contribution in [0.5, 0.6) is 5.75 Å². The molecule has 0 aliphatic rings. The van der Waals surface area contributed by atoms with Gasteiger partial charge < -0.3 is 14.4 Å². The van der Waals surface area contributed by atoms with Gasteiger partial charge in [0.15, 0.2) is 0 Å². The lowest BCUT2D eigenvalue weighted by atomic mass is 10.1. The number of para-hydroxylation sites is 1. The van der Waals surface area contributed by atoms with Gasteiger partial charge in [0.1, 0.15) is 5.75 Å². The van der Waals surface area contributed by atoms with Crippen molar-refractivity contribution in [3.05, 3.63) is 30.3 Å². The molecule has 5 nitrogen and oxygen atoms in total. The number of nitrogens with zero attached hydrogens (tertiary/aromatic N) is 1. The zero-order chi connectivity index (χ0) is 17.8. The molecular formula is C19H29NO4. The second kappa shape index (κ2) is 11.5. The van der Waals surface area contributed by atoms with E-state index < -0.39 is 0 Å². The zero-order valence-electron chi connectivity index (χ0n) is 15.0. The summed E-state index contributed by atoms with van der Waals surface area (Å²) < 4.78 is 10.4. The Labute approximate surface area is 144 Å². The molecule has 0 saturated carbocycles. The van der Waals surface area contributed by atoms with E-state index in [2.05, 4.69) is 6.92 Å². The fourth-order valence-corrected chi connectivity index (χ4v) is 2.36. The molecule has 0 N–H and O–H groups in total. The van der Waals surface area contributed by atoms with Crippen LogP contribution in [0.4, 0.5) is 0 Å². The first-order chi connectivity index (χ1) is 11.6. The van der Waals surface area contributed by atoms with Crippen LogP contribution in [0.3, 0.4) is 0 Å². The van der Waals surface area contributed by atoms with Crippen molar-refractivity contribution in [3.63, 3.8) is 0 Å². The number of ether oxygens (including phenoxy) is 2. The predicted octanol–water partition coefficient (Wildman–Crippen LogP) is 3.28. The van der Waals surface area contributed by atoms with Gasteiger partial charge in [-0.15, -0.1) is 0 Å². The summed E-state index contributed by atoms with van der Waals surface area (Å²) in [7, 11) is 1.37. The standard InChI is InChI=1S/C19H29NO4/c1-4-5-13-20(15-16(2)19(22)23-3)18(21)12-9-14-24-17-10-7-6-8-11-17/h6-8,10-11,16H,4-5,9,12-15H2,1-3H3. The van der Waals surface area contributed by atoms with Crippen molar-refractivity contribution in [2.45, 2.75) is 39.5 Å². The van der Waals surface area contributed by atoms with Crippen molar-refractivity contribution in [3.8, 4) is 5.75 Å². The lowest BCUT2D eigenvalue weighted by Crippen LogP contribution is -2.38. The molecule has 0 saturated heterocycles. The molecule has 1 aromatic rings. The van der Waals surface area contributed by atoms with E-state index in [1.54, 1.807) is 11.8 Å². The van der Waals surface area contributed by atoms with E-state index in [0.29, 0.717) is 32.5 Å². The molecule has 0 bridgehead atoms. The third kappa shape index (κ3) is 7.49. The molecule has 0 aromatic heterocycles. The molecular weight excluding hydrogens is 306 g/mol. The maximum absolute atomic E-state index is 12.4. The summed E-state index contributed by atoms with van der Waals surface area (Å²) >= 11 is 0. The maximum Gasteiger partial charge on any atom is 0.310 e. The summed E-state index contributed by atoms with van der Waals surface area (Å²) in [5, 5.41) is 0. The number of carbonyl (C=O) groups excluding carboxylic acids is 2. The number of carbonyl (C=O) groups is 2. The highest BCUT2D eigenvalue weighted by Crippen LogP contribution is 2.11. The Morgan fingerprint density at radius 3 is 2.50 bits per heavy atom. The SMILES string of the molecule is CCCCN(CC(C)C(=O)OC)C(=O)CCCOc1ccccc1. The lowest BCUT2D eigenvalue weighted by molar-refractivity contribution is -0.146. The van der Waals surface area contributed by atoms with E-state index in [-0.39, 0.29) is 17.8 Å². The lowest BCUT2D eigenvalue weighted by Gasteiger charge is -2.25. The Morgan fingerprint density at radius 1 is 1.17 bits per heavy atom. The van der Waals surface area contributed by atoms with Gasteiger partial charge in [-0.1, -0.05) is 38.5 Å². The Balaban J connectivity index is 2.41. The van der Waals surface area contributed by atoms with Crippen LogP contribution < -0.4 is 4.74 Å². The number of hydrogen-bond donors (Lipinski definition) is 0. The molecule has 1 rings (SSSR count). The topological polar surface area (TPSA) is 55.8 Å². The first kappa shape index (κ1) is 20.0. The van der Waals surface area contributed by atoms with Crippen LogP contribution in [0.25, 0.3) is 0 Å². The largest absolute Gasteiger partial charge is 0.494 e. The maximum atomic E-state index is 12.4. The molecule has 1 amide bonds. The van der Waals surface area contributed by atoms with Crippen molar-refractivity contribution in [2.75, 3.05) is 26.8 Å². The number of rotatable bonds is 11. The molecule has 0 heterocycles. The summed E-state index contributed by atoms with van der Waals surface area (Å²) in [6.07, 6.45) is 3.01. The van der Waals surface area contributed by atoms with Crippen LogP contribution >= 0.6 is 0 Å². The highest BCUT2D eigenvalue weighted by Gasteiger charge is 2.20. The zero-order valence-corrected chi connectivity index (χ0v) is 15.0. The van der Waals surface area contributed by atoms with Gasteiger partial charge in [0.05, 0.1) is 19.6 Å². The molecule has 24 heavy (non-hydrogen) atoms. The Bertz CT molecular complexity index is 489. The number of methoxy groups -OCH3 is 1. The second-order valence-corrected chi connectivity index (χ2v) is 5.88. The molecule has 0 fully saturated rings. The van der Waals surface area contributed by atoms with E-state index in [1.807, 2.05) is 30.3 Å². The molecule has 1 aromatic carbocycles. The minimum atomic E-state index is -0.309. The van der Waals surface area contributed by atoms with E-state index in [4.69, 9.17) is 9.47 Å². The fraction of sp³-hybridized carbons (Fsp3) is 0.579. The Morgan fingerprint density at radius 2 is 1.88 bits per heavy atom. The summed E-state index contributed by atoms with van der Waals surface area (Å²) in [5.74, 6) is 0.288. The van der Waals surface area contributed by atoms with Gasteiger partial charge in [0.2, 0.25) is 5.91 Å². The number of esters is 1. The average molecular weight is 335 g/mol. The van der Waals surface area contributed by atoms with Crippen LogP contribution in [-0.2, 0) is 14.3 Å². The molecule has 0 aliphatic carbocycles. The summed E-state index contributed by atoms with van der Waals surface area (Å²) in [5.41, 5.74) is 0. The number of amides is 1. The van der Waals surface area contributed by atoms with Gasteiger partial charge in [-0.05, 0) is 25.0 Å². The van der Waals surface area contributed by atoms with Gasteiger partial charge in [0, 0.05) is 19.5 Å². The first-order valence-corrected chi connectivity index (χ1v) is 8.62. The van der Waals surface area contributed by atoms with E-state index in [0.717, 1.165) is 18.6 Å². The Hall–Kier alpha value is -2.04. The minimum Gasteiger partial charge on any atom is -0.494 e. The van der Waals surface area contributed by atoms with Crippen molar-refractivity contribution in [1.29, 1.82) is 0 Å². The van der Waals surface area contributed by atoms with Crippen LogP contribution in [0.2, 0.25) is 0 Å². The van der Waals surface area contributed by atoms with E-state index in [1.165, 1.54) is 7.11 Å². The molecule has 0 aliphatic heterocycles. The highest BCUT2D eigenvalue weighted by atomic mass is 16.5. The summed E-state index contributed by atoms with van der Waals surface area (Å²) in [4.78, 5) is 25.8. The highest BCUT2D eigenvalue weighted by molar-refractivity contribution is 5.78. The van der Waals surface area contributed by atoms with Crippen molar-refractivity contribution < 1.29 is 19.1 Å². The van der Waals surface area contributed by atoms with Crippen LogP contribution in [-0.4, -0.2) is 43.6 Å². The predicted molar refractivity (Wildman–Crippen MR) is 93.8 cm³/mol. The van der Waals surface area contributed by atoms with Crippen LogP contribution in [0.1, 0.15) is 39.5 Å². The quantitative estimate of drug-likeness (QED) is 0.460. The second-order valence-electron chi connectivity index (χ2n) is 5.88. The minimum absolute atomic E-state index is 0.0656. The number of hydrogen-bond acceptors (Lipinski definition) is 4. The van der Waals surface area contributed by atoms with Gasteiger partial charge >= 0.3 is 5.97 Å². The first-order valence-electron chi connectivity index (χ1n) is 8.62. The van der Waals surface area contributed by atoms with Crippen LogP contribution in [0, 0.1) is 5.92 Å². The van der Waals surface area contributed by atoms with Crippen molar-refractivity contribution in [1.82, 2.24) is 4.90 Å². The van der Waals surface area contributed by atoms with Crippen molar-refractivity contribution >= 4 is 11.9 Å². The van der Waals surface area contributed by atoms with Crippen LogP contribution in [0.15, 0.2) is 30.3 Å². The summed E-state index contributed by atoms with van der Waals surface area (Å²) in [6, 6.07) is 9.56. The molecule has 5 heteroatoms. The van der Waals surface area contributed by atoms with Gasteiger partial charge in [0.25, 0.3) is 0 Å². The molecule has 134 valence electrons. The number of benzene rings is 1. The van der Waals surface area contributed by atoms with E-state index in [9.17, 15) is 9.59 Å². The molecule has 1 unspecified atom stereocenters. The smallest absolute Gasteiger partial charge is 0.310 e. The van der Waals surface area contributed by atoms with E-state index >= 15 is 0 Å². The normalized spacial score (nSPS) is 11.6. The number of unbranched alkanes of at least 4 members (excludes halogenated alkanes) is 1. The molecule has 1 atom stereocenters.